The number of hydrogen-bond acceptors (Lipinski definition) is 4. The maximum absolute atomic E-state index is 12.3. The molecule has 0 aliphatic carbocycles. The Bertz CT molecular complexity index is 971. The summed E-state index contributed by atoms with van der Waals surface area (Å²) in [7, 11) is 0. The highest BCUT2D eigenvalue weighted by molar-refractivity contribution is 5.94. The number of nitrogens with one attached hydrogen (secondary N) is 1. The molecule has 130 valence electrons. The Morgan fingerprint density at radius 3 is 2.77 bits per heavy atom. The van der Waals surface area contributed by atoms with E-state index in [-0.39, 0.29) is 5.91 Å². The van der Waals surface area contributed by atoms with Crippen LogP contribution in [0.15, 0.2) is 67.5 Å². The fourth-order valence-corrected chi connectivity index (χ4v) is 2.78. The Kier molecular flexibility index (Phi) is 4.42. The molecule has 0 radical (unpaired) electrons. The maximum Gasteiger partial charge on any atom is 0.251 e. The number of amides is 1. The number of benzene rings is 1. The first-order valence-corrected chi connectivity index (χ1v) is 8.40. The first kappa shape index (κ1) is 16.0. The first-order chi connectivity index (χ1) is 12.8. The third kappa shape index (κ3) is 3.61. The summed E-state index contributed by atoms with van der Waals surface area (Å²) in [5.74, 6) is -0.0823. The second kappa shape index (κ2) is 7.18. The lowest BCUT2D eigenvalue weighted by Crippen LogP contribution is -2.25. The zero-order chi connectivity index (χ0) is 17.8. The van der Waals surface area contributed by atoms with E-state index in [1.54, 1.807) is 11.0 Å². The van der Waals surface area contributed by atoms with Gasteiger partial charge in [0.15, 0.2) is 0 Å². The fourth-order valence-electron chi connectivity index (χ4n) is 2.78. The third-order valence-electron chi connectivity index (χ3n) is 4.11. The predicted octanol–water partition coefficient (Wildman–Crippen LogP) is 1.95. The quantitative estimate of drug-likeness (QED) is 0.579. The molecular weight excluding hydrogens is 328 g/mol. The number of hydrogen-bond donors (Lipinski definition) is 1. The Balaban J connectivity index is 1.31. The van der Waals surface area contributed by atoms with Crippen molar-refractivity contribution in [1.29, 1.82) is 0 Å². The second-order valence-electron chi connectivity index (χ2n) is 5.99. The summed E-state index contributed by atoms with van der Waals surface area (Å²) in [5, 5.41) is 7.01. The molecule has 0 saturated carbocycles. The van der Waals surface area contributed by atoms with Gasteiger partial charge in [-0.1, -0.05) is 18.2 Å². The van der Waals surface area contributed by atoms with Crippen LogP contribution in [-0.4, -0.2) is 36.6 Å². The van der Waals surface area contributed by atoms with Crippen LogP contribution >= 0.6 is 0 Å². The molecule has 0 bridgehead atoms. The van der Waals surface area contributed by atoms with E-state index in [9.17, 15) is 4.79 Å². The van der Waals surface area contributed by atoms with Gasteiger partial charge in [0, 0.05) is 30.9 Å². The van der Waals surface area contributed by atoms with Crippen molar-refractivity contribution >= 4 is 11.6 Å². The van der Waals surface area contributed by atoms with Gasteiger partial charge in [-0.15, -0.1) is 0 Å². The molecule has 4 rings (SSSR count). The van der Waals surface area contributed by atoms with Gasteiger partial charge in [-0.3, -0.25) is 4.79 Å². The Hall–Kier alpha value is -3.48. The van der Waals surface area contributed by atoms with Crippen molar-refractivity contribution in [3.63, 3.8) is 0 Å². The SMILES string of the molecule is O=C(NCCc1cn2ccccc2n1)c1ccc(Cn2cncn2)cc1. The van der Waals surface area contributed by atoms with Crippen molar-refractivity contribution < 1.29 is 4.79 Å². The molecule has 7 nitrogen and oxygen atoms in total. The molecule has 3 heterocycles. The number of nitrogens with zero attached hydrogens (tertiary/aromatic N) is 5. The average molecular weight is 346 g/mol. The van der Waals surface area contributed by atoms with Crippen molar-refractivity contribution in [2.75, 3.05) is 6.54 Å². The van der Waals surface area contributed by atoms with Crippen LogP contribution in [0.2, 0.25) is 0 Å². The van der Waals surface area contributed by atoms with Crippen LogP contribution in [0.4, 0.5) is 0 Å². The van der Waals surface area contributed by atoms with Crippen molar-refractivity contribution in [3.8, 4) is 0 Å². The van der Waals surface area contributed by atoms with E-state index >= 15 is 0 Å². The minimum atomic E-state index is -0.0823. The van der Waals surface area contributed by atoms with Crippen LogP contribution in [0, 0.1) is 0 Å². The number of carbonyl (C=O) groups is 1. The van der Waals surface area contributed by atoms with Crippen LogP contribution in [0.25, 0.3) is 5.65 Å². The molecular formula is C19H18N6O. The number of aromatic nitrogens is 5. The standard InChI is InChI=1S/C19H18N6O/c26-19(16-6-4-15(5-7-16)11-25-14-20-13-22-25)21-9-8-17-12-24-10-2-1-3-18(24)23-17/h1-7,10,12-14H,8-9,11H2,(H,21,26). The largest absolute Gasteiger partial charge is 0.352 e. The van der Waals surface area contributed by atoms with Crippen LogP contribution in [0.3, 0.4) is 0 Å². The summed E-state index contributed by atoms with van der Waals surface area (Å²) in [5.41, 5.74) is 3.58. The van der Waals surface area contributed by atoms with E-state index < -0.39 is 0 Å². The highest BCUT2D eigenvalue weighted by Crippen LogP contribution is 2.07. The summed E-state index contributed by atoms with van der Waals surface area (Å²) >= 11 is 0. The summed E-state index contributed by atoms with van der Waals surface area (Å²) < 4.78 is 3.72. The van der Waals surface area contributed by atoms with Crippen LogP contribution in [0.1, 0.15) is 21.6 Å². The first-order valence-electron chi connectivity index (χ1n) is 8.40. The molecule has 3 aromatic heterocycles. The molecule has 0 unspecified atom stereocenters. The van der Waals surface area contributed by atoms with E-state index in [2.05, 4.69) is 20.4 Å². The summed E-state index contributed by atoms with van der Waals surface area (Å²) in [4.78, 5) is 20.7. The van der Waals surface area contributed by atoms with Gasteiger partial charge in [-0.05, 0) is 29.8 Å². The van der Waals surface area contributed by atoms with Gasteiger partial charge in [-0.25, -0.2) is 14.6 Å². The molecule has 0 fully saturated rings. The highest BCUT2D eigenvalue weighted by Gasteiger charge is 2.06. The second-order valence-corrected chi connectivity index (χ2v) is 5.99. The van der Waals surface area contributed by atoms with E-state index in [4.69, 9.17) is 0 Å². The maximum atomic E-state index is 12.3. The van der Waals surface area contributed by atoms with E-state index in [0.29, 0.717) is 25.1 Å². The molecule has 1 N–H and O–H groups in total. The van der Waals surface area contributed by atoms with E-state index in [1.165, 1.54) is 6.33 Å². The van der Waals surface area contributed by atoms with Gasteiger partial charge < -0.3 is 9.72 Å². The van der Waals surface area contributed by atoms with Crippen molar-refractivity contribution in [1.82, 2.24) is 29.5 Å². The van der Waals surface area contributed by atoms with Gasteiger partial charge in [0.25, 0.3) is 5.91 Å². The number of imidazole rings is 1. The van der Waals surface area contributed by atoms with Crippen LogP contribution < -0.4 is 5.32 Å². The molecule has 0 spiro atoms. The smallest absolute Gasteiger partial charge is 0.251 e. The highest BCUT2D eigenvalue weighted by atomic mass is 16.1. The lowest BCUT2D eigenvalue weighted by molar-refractivity contribution is 0.0954. The van der Waals surface area contributed by atoms with Gasteiger partial charge >= 0.3 is 0 Å². The van der Waals surface area contributed by atoms with Crippen molar-refractivity contribution in [2.45, 2.75) is 13.0 Å². The summed E-state index contributed by atoms with van der Waals surface area (Å²) in [6, 6.07) is 13.4. The Morgan fingerprint density at radius 2 is 2.00 bits per heavy atom. The summed E-state index contributed by atoms with van der Waals surface area (Å²) in [6.45, 7) is 1.18. The lowest BCUT2D eigenvalue weighted by Gasteiger charge is -2.06. The fraction of sp³-hybridized carbons (Fsp3) is 0.158. The number of fused-ring (bicyclic) bond motifs is 1. The van der Waals surface area contributed by atoms with Crippen LogP contribution in [0.5, 0.6) is 0 Å². The van der Waals surface area contributed by atoms with Crippen molar-refractivity contribution in [2.24, 2.45) is 0 Å². The summed E-state index contributed by atoms with van der Waals surface area (Å²) in [6.07, 6.45) is 7.81. The molecule has 7 heteroatoms. The van der Waals surface area contributed by atoms with Crippen LogP contribution in [-0.2, 0) is 13.0 Å². The zero-order valence-electron chi connectivity index (χ0n) is 14.1. The van der Waals surface area contributed by atoms with Gasteiger partial charge in [0.1, 0.15) is 18.3 Å². The third-order valence-corrected chi connectivity index (χ3v) is 4.11. The lowest BCUT2D eigenvalue weighted by atomic mass is 10.1. The molecule has 26 heavy (non-hydrogen) atoms. The van der Waals surface area contributed by atoms with Gasteiger partial charge in [-0.2, -0.15) is 5.10 Å². The van der Waals surface area contributed by atoms with Crippen molar-refractivity contribution in [3.05, 3.63) is 84.3 Å². The molecule has 4 aromatic rings. The van der Waals surface area contributed by atoms with E-state index in [0.717, 1.165) is 16.9 Å². The number of carbonyl (C=O) groups excluding carboxylic acids is 1. The normalized spacial score (nSPS) is 10.9. The van der Waals surface area contributed by atoms with Gasteiger partial charge in [0.05, 0.1) is 12.2 Å². The molecule has 1 aromatic carbocycles. The minimum absolute atomic E-state index is 0.0823. The van der Waals surface area contributed by atoms with E-state index in [1.807, 2.05) is 59.3 Å². The Labute approximate surface area is 150 Å². The zero-order valence-corrected chi connectivity index (χ0v) is 14.1. The average Bonchev–Trinajstić information content (AvgIpc) is 3.31. The predicted molar refractivity (Wildman–Crippen MR) is 96.8 cm³/mol. The monoisotopic (exact) mass is 346 g/mol. The Morgan fingerprint density at radius 1 is 1.12 bits per heavy atom. The molecule has 0 aliphatic rings. The molecule has 0 atom stereocenters. The molecule has 0 aliphatic heterocycles. The molecule has 1 amide bonds. The number of rotatable bonds is 6. The number of pyridine rings is 1. The topological polar surface area (TPSA) is 77.1 Å². The minimum Gasteiger partial charge on any atom is -0.352 e. The van der Waals surface area contributed by atoms with Gasteiger partial charge in [0.2, 0.25) is 0 Å². The molecule has 0 saturated heterocycles.